The molecule has 0 unspecified atom stereocenters. The third-order valence-corrected chi connectivity index (χ3v) is 6.38. The van der Waals surface area contributed by atoms with Gasteiger partial charge in [-0.1, -0.05) is 0 Å². The predicted octanol–water partition coefficient (Wildman–Crippen LogP) is 3.06. The highest BCUT2D eigenvalue weighted by atomic mass is 32.1. The van der Waals surface area contributed by atoms with Gasteiger partial charge in [-0.15, -0.1) is 11.3 Å². The van der Waals surface area contributed by atoms with Crippen LogP contribution in [0, 0.1) is 5.41 Å². The first-order valence-electron chi connectivity index (χ1n) is 9.04. The molecule has 0 aromatic carbocycles. The van der Waals surface area contributed by atoms with Gasteiger partial charge in [0.05, 0.1) is 12.1 Å². The Morgan fingerprint density at radius 3 is 2.80 bits per heavy atom. The SMILES string of the molecule is O=C(c1cccnc1)N1CCCC2(CCN(Cc3nccs3)CC2)C1. The van der Waals surface area contributed by atoms with Crippen molar-refractivity contribution in [1.82, 2.24) is 19.8 Å². The summed E-state index contributed by atoms with van der Waals surface area (Å²) < 4.78 is 0. The number of nitrogens with zero attached hydrogens (tertiary/aromatic N) is 4. The van der Waals surface area contributed by atoms with Crippen molar-refractivity contribution in [2.75, 3.05) is 26.2 Å². The van der Waals surface area contributed by atoms with Crippen LogP contribution in [0.5, 0.6) is 0 Å². The molecular weight excluding hydrogens is 332 g/mol. The van der Waals surface area contributed by atoms with Crippen LogP contribution in [0.4, 0.5) is 0 Å². The minimum absolute atomic E-state index is 0.136. The molecule has 2 fully saturated rings. The van der Waals surface area contributed by atoms with E-state index in [0.29, 0.717) is 11.0 Å². The van der Waals surface area contributed by atoms with Crippen LogP contribution in [0.25, 0.3) is 0 Å². The van der Waals surface area contributed by atoms with Gasteiger partial charge >= 0.3 is 0 Å². The van der Waals surface area contributed by atoms with E-state index in [2.05, 4.69) is 19.8 Å². The Balaban J connectivity index is 1.37. The number of hydrogen-bond donors (Lipinski definition) is 0. The average Bonchev–Trinajstić information content (AvgIpc) is 3.17. The number of rotatable bonds is 3. The smallest absolute Gasteiger partial charge is 0.255 e. The first-order valence-corrected chi connectivity index (χ1v) is 9.92. The van der Waals surface area contributed by atoms with Crippen molar-refractivity contribution < 1.29 is 4.79 Å². The summed E-state index contributed by atoms with van der Waals surface area (Å²) in [7, 11) is 0. The summed E-state index contributed by atoms with van der Waals surface area (Å²) in [6.45, 7) is 4.94. The third-order valence-electron chi connectivity index (χ3n) is 5.62. The van der Waals surface area contributed by atoms with Gasteiger partial charge in [-0.3, -0.25) is 14.7 Å². The molecule has 0 aliphatic carbocycles. The zero-order valence-corrected chi connectivity index (χ0v) is 15.2. The van der Waals surface area contributed by atoms with Crippen molar-refractivity contribution in [2.45, 2.75) is 32.2 Å². The molecule has 0 atom stereocenters. The second-order valence-electron chi connectivity index (χ2n) is 7.27. The van der Waals surface area contributed by atoms with Crippen LogP contribution >= 0.6 is 11.3 Å². The number of amides is 1. The van der Waals surface area contributed by atoms with Crippen LogP contribution in [0.1, 0.15) is 41.0 Å². The van der Waals surface area contributed by atoms with Crippen molar-refractivity contribution >= 4 is 17.2 Å². The molecule has 2 aliphatic rings. The molecule has 0 saturated carbocycles. The fourth-order valence-electron chi connectivity index (χ4n) is 4.17. The molecule has 2 aromatic rings. The number of likely N-dealkylation sites (tertiary alicyclic amines) is 2. The van der Waals surface area contributed by atoms with E-state index in [1.807, 2.05) is 23.7 Å². The molecule has 1 amide bonds. The highest BCUT2D eigenvalue weighted by Gasteiger charge is 2.39. The van der Waals surface area contributed by atoms with Gasteiger partial charge in [0.1, 0.15) is 5.01 Å². The number of hydrogen-bond acceptors (Lipinski definition) is 5. The van der Waals surface area contributed by atoms with Gasteiger partial charge in [0.15, 0.2) is 0 Å². The van der Waals surface area contributed by atoms with Gasteiger partial charge in [0.25, 0.3) is 5.91 Å². The van der Waals surface area contributed by atoms with Crippen molar-refractivity contribution in [3.05, 3.63) is 46.7 Å². The Morgan fingerprint density at radius 1 is 1.20 bits per heavy atom. The topological polar surface area (TPSA) is 49.3 Å². The predicted molar refractivity (Wildman–Crippen MR) is 98.4 cm³/mol. The summed E-state index contributed by atoms with van der Waals surface area (Å²) in [6, 6.07) is 3.71. The molecule has 5 nitrogen and oxygen atoms in total. The van der Waals surface area contributed by atoms with Crippen LogP contribution in [0.2, 0.25) is 0 Å². The van der Waals surface area contributed by atoms with E-state index in [9.17, 15) is 4.79 Å². The Labute approximate surface area is 152 Å². The van der Waals surface area contributed by atoms with E-state index < -0.39 is 0 Å². The summed E-state index contributed by atoms with van der Waals surface area (Å²) in [5.41, 5.74) is 1.01. The fourth-order valence-corrected chi connectivity index (χ4v) is 4.83. The summed E-state index contributed by atoms with van der Waals surface area (Å²) in [6.07, 6.45) is 9.99. The maximum absolute atomic E-state index is 12.8. The lowest BCUT2D eigenvalue weighted by molar-refractivity contribution is 0.0197. The Bertz CT molecular complexity index is 695. The lowest BCUT2D eigenvalue weighted by atomic mass is 9.72. The van der Waals surface area contributed by atoms with Gasteiger partial charge < -0.3 is 4.90 Å². The van der Waals surface area contributed by atoms with Gasteiger partial charge in [-0.25, -0.2) is 4.98 Å². The number of carbonyl (C=O) groups excluding carboxylic acids is 1. The van der Waals surface area contributed by atoms with Crippen molar-refractivity contribution in [2.24, 2.45) is 5.41 Å². The highest BCUT2D eigenvalue weighted by molar-refractivity contribution is 7.09. The van der Waals surface area contributed by atoms with E-state index in [1.165, 1.54) is 24.3 Å². The molecule has 0 bridgehead atoms. The van der Waals surface area contributed by atoms with Crippen LogP contribution < -0.4 is 0 Å². The number of carbonyl (C=O) groups is 1. The summed E-state index contributed by atoms with van der Waals surface area (Å²) in [5.74, 6) is 0.136. The number of thiazole rings is 1. The fraction of sp³-hybridized carbons (Fsp3) is 0.526. The minimum atomic E-state index is 0.136. The average molecular weight is 356 g/mol. The Hall–Kier alpha value is -1.79. The third kappa shape index (κ3) is 3.75. The van der Waals surface area contributed by atoms with Crippen LogP contribution in [0.15, 0.2) is 36.1 Å². The lowest BCUT2D eigenvalue weighted by Gasteiger charge is -2.47. The van der Waals surface area contributed by atoms with Crippen molar-refractivity contribution in [3.8, 4) is 0 Å². The summed E-state index contributed by atoms with van der Waals surface area (Å²) >= 11 is 1.73. The maximum Gasteiger partial charge on any atom is 0.255 e. The lowest BCUT2D eigenvalue weighted by Crippen LogP contribution is -2.51. The Morgan fingerprint density at radius 2 is 2.08 bits per heavy atom. The maximum atomic E-state index is 12.8. The quantitative estimate of drug-likeness (QED) is 0.848. The first kappa shape index (κ1) is 16.7. The van der Waals surface area contributed by atoms with E-state index in [-0.39, 0.29) is 5.91 Å². The van der Waals surface area contributed by atoms with E-state index in [1.54, 1.807) is 23.7 Å². The molecule has 2 saturated heterocycles. The number of pyridine rings is 1. The second kappa shape index (κ2) is 7.22. The summed E-state index contributed by atoms with van der Waals surface area (Å²) in [4.78, 5) is 25.8. The molecule has 0 N–H and O–H groups in total. The zero-order valence-electron chi connectivity index (χ0n) is 14.4. The molecular formula is C19H24N4OS. The molecule has 0 radical (unpaired) electrons. The molecule has 25 heavy (non-hydrogen) atoms. The standard InChI is InChI=1S/C19H24N4OS/c24-18(16-3-1-7-20-13-16)23-9-2-4-19(15-23)5-10-22(11-6-19)14-17-21-8-12-25-17/h1,3,7-8,12-13H,2,4-6,9-11,14-15H2. The van der Waals surface area contributed by atoms with Crippen LogP contribution in [0.3, 0.4) is 0 Å². The monoisotopic (exact) mass is 356 g/mol. The highest BCUT2D eigenvalue weighted by Crippen LogP contribution is 2.40. The zero-order chi connectivity index (χ0) is 17.1. The van der Waals surface area contributed by atoms with Crippen molar-refractivity contribution in [1.29, 1.82) is 0 Å². The van der Waals surface area contributed by atoms with E-state index in [4.69, 9.17) is 0 Å². The van der Waals surface area contributed by atoms with Gasteiger partial charge in [-0.05, 0) is 56.3 Å². The van der Waals surface area contributed by atoms with Gasteiger partial charge in [-0.2, -0.15) is 0 Å². The molecule has 132 valence electrons. The van der Waals surface area contributed by atoms with Crippen LogP contribution in [-0.2, 0) is 6.54 Å². The van der Waals surface area contributed by atoms with Crippen LogP contribution in [-0.4, -0.2) is 51.9 Å². The molecule has 2 aliphatic heterocycles. The Kier molecular flexibility index (Phi) is 4.81. The molecule has 2 aromatic heterocycles. The van der Waals surface area contributed by atoms with Crippen molar-refractivity contribution in [3.63, 3.8) is 0 Å². The molecule has 4 heterocycles. The molecule has 6 heteroatoms. The summed E-state index contributed by atoms with van der Waals surface area (Å²) in [5, 5.41) is 3.25. The largest absolute Gasteiger partial charge is 0.338 e. The van der Waals surface area contributed by atoms with E-state index >= 15 is 0 Å². The number of piperidine rings is 2. The van der Waals surface area contributed by atoms with Gasteiger partial charge in [0, 0.05) is 37.1 Å². The normalized spacial score (nSPS) is 20.7. The second-order valence-corrected chi connectivity index (χ2v) is 8.25. The molecule has 4 rings (SSSR count). The molecule has 1 spiro atoms. The number of aromatic nitrogens is 2. The van der Waals surface area contributed by atoms with Gasteiger partial charge in [0.2, 0.25) is 0 Å². The first-order chi connectivity index (χ1) is 12.2. The van der Waals surface area contributed by atoms with E-state index in [0.717, 1.165) is 39.1 Å². The minimum Gasteiger partial charge on any atom is -0.338 e.